The first-order valence-electron chi connectivity index (χ1n) is 19.8. The monoisotopic (exact) mass is 730 g/mol. The fourth-order valence-electron chi connectivity index (χ4n) is 9.37. The first-order chi connectivity index (χ1) is 27.9. The molecule has 3 heterocycles. The SMILES string of the molecule is Bc1c(B)c(B)c(-n2c3ccccc3c3cc4c(cc32)c2ccccc2n4C(/N=C(\N=C)c2ccccc2)=N/CN2C3=CC=CCC3c3ccccc32)c(B)c1B. The minimum Gasteiger partial charge on any atom is -0.324 e. The Kier molecular flexibility index (Phi) is 8.36. The van der Waals surface area contributed by atoms with E-state index < -0.39 is 0 Å². The molecule has 0 N–H and O–H groups in total. The number of anilines is 1. The van der Waals surface area contributed by atoms with E-state index in [1.165, 1.54) is 71.8 Å². The highest BCUT2D eigenvalue weighted by Gasteiger charge is 2.33. The molecule has 0 saturated heterocycles. The van der Waals surface area contributed by atoms with Gasteiger partial charge < -0.3 is 9.47 Å². The second-order valence-electron chi connectivity index (χ2n) is 15.4. The third-order valence-electron chi connectivity index (χ3n) is 12.6. The molecule has 1 unspecified atom stereocenters. The van der Waals surface area contributed by atoms with Crippen LogP contribution in [0.3, 0.4) is 0 Å². The zero-order chi connectivity index (χ0) is 38.9. The maximum absolute atomic E-state index is 5.46. The van der Waals surface area contributed by atoms with E-state index in [0.717, 1.165) is 33.8 Å². The number of amidine groups is 1. The largest absolute Gasteiger partial charge is 0.324 e. The summed E-state index contributed by atoms with van der Waals surface area (Å²) in [4.78, 5) is 17.6. The zero-order valence-electron chi connectivity index (χ0n) is 33.1. The van der Waals surface area contributed by atoms with Crippen LogP contribution in [0.15, 0.2) is 154 Å². The second kappa shape index (κ2) is 13.6. The van der Waals surface area contributed by atoms with E-state index in [2.05, 4.69) is 168 Å². The number of hydrogen-bond acceptors (Lipinski definition) is 2. The average molecular weight is 730 g/mol. The Morgan fingerprint density at radius 1 is 0.649 bits per heavy atom. The predicted octanol–water partition coefficient (Wildman–Crippen LogP) is 1.94. The van der Waals surface area contributed by atoms with Gasteiger partial charge in [-0.25, -0.2) is 9.98 Å². The summed E-state index contributed by atoms with van der Waals surface area (Å²) in [5, 5.41) is 4.66. The molecule has 2 aliphatic rings. The van der Waals surface area contributed by atoms with E-state index in [0.29, 0.717) is 24.4 Å². The van der Waals surface area contributed by atoms with Crippen molar-refractivity contribution in [3.8, 4) is 5.69 Å². The molecule has 1 aliphatic carbocycles. The molecule has 0 spiro atoms. The van der Waals surface area contributed by atoms with Gasteiger partial charge in [-0.15, -0.1) is 5.46 Å². The quantitative estimate of drug-likeness (QED) is 0.155. The summed E-state index contributed by atoms with van der Waals surface area (Å²) in [6, 6.07) is 40.9. The molecule has 1 atom stereocenters. The Labute approximate surface area is 337 Å². The average Bonchev–Trinajstić information content (AvgIpc) is 3.87. The van der Waals surface area contributed by atoms with E-state index in [1.54, 1.807) is 0 Å². The second-order valence-corrected chi connectivity index (χ2v) is 15.4. The first-order valence-corrected chi connectivity index (χ1v) is 19.8. The topological polar surface area (TPSA) is 50.2 Å². The number of fused-ring (bicyclic) bond motifs is 9. The smallest absolute Gasteiger partial charge is 0.233 e. The van der Waals surface area contributed by atoms with Gasteiger partial charge in [0, 0.05) is 50.1 Å². The predicted molar refractivity (Wildman–Crippen MR) is 258 cm³/mol. The standard InChI is InChI=1S/C46H39B5N6/c1-52-45(26-13-3-2-4-14-26)54-46(53-25-55-33-19-9-5-15-27(33)28-16-6-10-20-34(28)55)57-36-22-12-8-18-30(36)32-23-37-31(24-38(32)57)29-17-7-11-21-35(29)56(37)44-42(50)40(48)39(47)41(49)43(44)51/h2-15,17-24,28H,1,16,25,47-51H2/b53-46+,54-45-. The Morgan fingerprint density at radius 3 is 2.02 bits per heavy atom. The third kappa shape index (κ3) is 5.36. The van der Waals surface area contributed by atoms with Crippen molar-refractivity contribution >= 4 is 134 Å². The number of benzene rings is 6. The van der Waals surface area contributed by atoms with Gasteiger partial charge in [0.25, 0.3) is 0 Å². The summed E-state index contributed by atoms with van der Waals surface area (Å²) in [5.41, 5.74) is 17.0. The summed E-state index contributed by atoms with van der Waals surface area (Å²) in [7, 11) is 11.3. The molecule has 57 heavy (non-hydrogen) atoms. The van der Waals surface area contributed by atoms with Crippen LogP contribution >= 0.6 is 0 Å². The maximum atomic E-state index is 5.46. The minimum absolute atomic E-state index is 0.315. The molecule has 6 nitrogen and oxygen atoms in total. The highest BCUT2D eigenvalue weighted by atomic mass is 15.3. The highest BCUT2D eigenvalue weighted by Crippen LogP contribution is 2.46. The molecular formula is C46H39B5N6. The number of hydrogen-bond donors (Lipinski definition) is 0. The third-order valence-corrected chi connectivity index (χ3v) is 12.6. The molecule has 2 aromatic heterocycles. The van der Waals surface area contributed by atoms with Crippen LogP contribution in [0.25, 0.3) is 49.3 Å². The normalized spacial score (nSPS) is 15.5. The summed E-state index contributed by atoms with van der Waals surface area (Å²) in [5.74, 6) is 1.39. The van der Waals surface area contributed by atoms with Crippen molar-refractivity contribution in [1.29, 1.82) is 0 Å². The molecule has 1 aliphatic heterocycles. The van der Waals surface area contributed by atoms with Gasteiger partial charge in [-0.05, 0) is 55.1 Å². The van der Waals surface area contributed by atoms with Gasteiger partial charge in [-0.1, -0.05) is 119 Å². The summed E-state index contributed by atoms with van der Waals surface area (Å²) in [6.45, 7) is 4.38. The lowest BCUT2D eigenvalue weighted by atomic mass is 9.61. The van der Waals surface area contributed by atoms with E-state index in [9.17, 15) is 0 Å². The fraction of sp³-hybridized carbons (Fsp3) is 0.0652. The number of para-hydroxylation sites is 3. The van der Waals surface area contributed by atoms with Gasteiger partial charge in [0.15, 0.2) is 5.84 Å². The molecule has 8 aromatic rings. The van der Waals surface area contributed by atoms with E-state index >= 15 is 0 Å². The van der Waals surface area contributed by atoms with Crippen LogP contribution in [0.1, 0.15) is 23.5 Å². The van der Waals surface area contributed by atoms with Crippen molar-refractivity contribution in [2.24, 2.45) is 15.0 Å². The van der Waals surface area contributed by atoms with Gasteiger partial charge >= 0.3 is 0 Å². The Morgan fingerprint density at radius 2 is 1.26 bits per heavy atom. The molecule has 0 radical (unpaired) electrons. The van der Waals surface area contributed by atoms with Gasteiger partial charge in [0.1, 0.15) is 45.9 Å². The van der Waals surface area contributed by atoms with Crippen molar-refractivity contribution in [3.63, 3.8) is 0 Å². The van der Waals surface area contributed by atoms with Crippen LogP contribution in [0.5, 0.6) is 0 Å². The lowest BCUT2D eigenvalue weighted by molar-refractivity contribution is 0.788. The lowest BCUT2D eigenvalue weighted by Gasteiger charge is -2.23. The molecule has 6 aromatic carbocycles. The van der Waals surface area contributed by atoms with Crippen molar-refractivity contribution < 1.29 is 0 Å². The molecule has 0 fully saturated rings. The molecule has 11 heteroatoms. The number of nitrogens with zero attached hydrogens (tertiary/aromatic N) is 6. The van der Waals surface area contributed by atoms with Crippen LogP contribution in [-0.4, -0.2) is 73.5 Å². The maximum Gasteiger partial charge on any atom is 0.233 e. The van der Waals surface area contributed by atoms with E-state index in [1.807, 2.05) is 30.3 Å². The van der Waals surface area contributed by atoms with Crippen molar-refractivity contribution in [1.82, 2.24) is 9.13 Å². The molecular weight excluding hydrogens is 691 g/mol. The Hall–Kier alpha value is -6.47. The van der Waals surface area contributed by atoms with Crippen molar-refractivity contribution in [2.45, 2.75) is 12.3 Å². The molecule has 10 rings (SSSR count). The van der Waals surface area contributed by atoms with Gasteiger partial charge in [-0.2, -0.15) is 4.99 Å². The van der Waals surface area contributed by atoms with Crippen LogP contribution < -0.4 is 32.2 Å². The number of aromatic nitrogens is 2. The van der Waals surface area contributed by atoms with Gasteiger partial charge in [0.2, 0.25) is 5.96 Å². The summed E-state index contributed by atoms with van der Waals surface area (Å²) < 4.78 is 4.73. The summed E-state index contributed by atoms with van der Waals surface area (Å²) in [6.07, 6.45) is 7.64. The van der Waals surface area contributed by atoms with Crippen LogP contribution in [0.4, 0.5) is 5.69 Å². The Bertz CT molecular complexity index is 3090. The molecule has 0 amide bonds. The molecule has 0 saturated carbocycles. The van der Waals surface area contributed by atoms with E-state index in [4.69, 9.17) is 9.98 Å². The minimum atomic E-state index is 0.315. The molecule has 0 bridgehead atoms. The van der Waals surface area contributed by atoms with E-state index in [-0.39, 0.29) is 0 Å². The summed E-state index contributed by atoms with van der Waals surface area (Å²) >= 11 is 0. The van der Waals surface area contributed by atoms with Gasteiger partial charge in [0.05, 0.1) is 22.1 Å². The van der Waals surface area contributed by atoms with Crippen molar-refractivity contribution in [2.75, 3.05) is 11.6 Å². The highest BCUT2D eigenvalue weighted by molar-refractivity contribution is 6.68. The number of rotatable bonds is 4. The van der Waals surface area contributed by atoms with Crippen LogP contribution in [0, 0.1) is 0 Å². The Balaban J connectivity index is 1.27. The van der Waals surface area contributed by atoms with Crippen LogP contribution in [-0.2, 0) is 0 Å². The number of aliphatic imine (C=N–C) groups is 3. The zero-order valence-corrected chi connectivity index (χ0v) is 33.1. The van der Waals surface area contributed by atoms with Crippen molar-refractivity contribution in [3.05, 3.63) is 150 Å². The fourth-order valence-corrected chi connectivity index (χ4v) is 9.37. The number of allylic oxidation sites excluding steroid dienone is 4. The lowest BCUT2D eigenvalue weighted by Crippen LogP contribution is -2.56. The van der Waals surface area contributed by atoms with Gasteiger partial charge in [-0.3, -0.25) is 4.57 Å². The first kappa shape index (κ1) is 35.0. The van der Waals surface area contributed by atoms with Crippen LogP contribution in [0.2, 0.25) is 0 Å². The molecule has 268 valence electrons.